The number of fused-ring (bicyclic) bond motifs is 1. The van der Waals surface area contributed by atoms with Gasteiger partial charge in [0.05, 0.1) is 23.8 Å². The first-order chi connectivity index (χ1) is 17.4. The number of aromatic nitrogens is 6. The summed E-state index contributed by atoms with van der Waals surface area (Å²) in [5.41, 5.74) is 5.72. The number of nitrogens with one attached hydrogen (secondary N) is 3. The predicted molar refractivity (Wildman–Crippen MR) is 141 cm³/mol. The molecule has 186 valence electrons. The van der Waals surface area contributed by atoms with Crippen molar-refractivity contribution < 1.29 is 4.79 Å². The van der Waals surface area contributed by atoms with Gasteiger partial charge in [-0.1, -0.05) is 20.4 Å². The van der Waals surface area contributed by atoms with Crippen LogP contribution in [-0.2, 0) is 4.79 Å². The van der Waals surface area contributed by atoms with Gasteiger partial charge in [-0.3, -0.25) is 9.89 Å². The lowest BCUT2D eigenvalue weighted by Gasteiger charge is -2.34. The highest BCUT2D eigenvalue weighted by atomic mass is 16.1. The Hall–Kier alpha value is -4.21. The normalized spacial score (nSPS) is 15.9. The molecule has 0 radical (unpaired) electrons. The van der Waals surface area contributed by atoms with Crippen LogP contribution in [0, 0.1) is 6.92 Å². The van der Waals surface area contributed by atoms with Crippen molar-refractivity contribution in [3.8, 4) is 11.1 Å². The van der Waals surface area contributed by atoms with Crippen molar-refractivity contribution in [2.45, 2.75) is 45.6 Å². The van der Waals surface area contributed by atoms with Crippen LogP contribution < -0.4 is 15.5 Å². The number of nitrogens with zero attached hydrogens (tertiary/aromatic N) is 6. The Morgan fingerprint density at radius 2 is 2.17 bits per heavy atom. The number of anilines is 3. The molecule has 0 spiro atoms. The highest BCUT2D eigenvalue weighted by molar-refractivity contribution is 5.98. The molecule has 1 unspecified atom stereocenters. The summed E-state index contributed by atoms with van der Waals surface area (Å²) in [7, 11) is 0. The summed E-state index contributed by atoms with van der Waals surface area (Å²) in [6.07, 6.45) is 8.72. The van der Waals surface area contributed by atoms with Crippen molar-refractivity contribution in [3.63, 3.8) is 0 Å². The van der Waals surface area contributed by atoms with Crippen LogP contribution in [0.1, 0.15) is 43.9 Å². The monoisotopic (exact) mass is 485 g/mol. The highest BCUT2D eigenvalue weighted by Crippen LogP contribution is 2.30. The van der Waals surface area contributed by atoms with Gasteiger partial charge in [0, 0.05) is 36.5 Å². The number of aromatic amines is 1. The fraction of sp³-hybridized carbons (Fsp3) is 0.346. The van der Waals surface area contributed by atoms with Crippen LogP contribution in [0.25, 0.3) is 16.8 Å². The highest BCUT2D eigenvalue weighted by Gasteiger charge is 2.24. The Labute approximate surface area is 209 Å². The topological polar surface area (TPSA) is 116 Å². The maximum Gasteiger partial charge on any atom is 0.247 e. The minimum absolute atomic E-state index is 0.188. The van der Waals surface area contributed by atoms with E-state index in [9.17, 15) is 4.79 Å². The van der Waals surface area contributed by atoms with Crippen LogP contribution in [0.3, 0.4) is 0 Å². The molecule has 1 fully saturated rings. The standard InChI is InChI=1S/C26H31N9O/c1-5-23(36)30-20-11-17(4)25(27-14-20)34-10-6-7-19(15-34)31-26-32-22-9-8-21(18-12-28-29-13-18)24(16(2)3)35(22)33-26/h5,8-9,11-14,16,19H,1,6-7,10,15H2,2-4H3,(H,28,29)(H,30,36)(H,31,33). The molecule has 4 aromatic rings. The molecule has 5 rings (SSSR count). The van der Waals surface area contributed by atoms with Gasteiger partial charge in [0.1, 0.15) is 5.82 Å². The van der Waals surface area contributed by atoms with E-state index in [2.05, 4.69) is 57.2 Å². The zero-order valence-electron chi connectivity index (χ0n) is 20.8. The average molecular weight is 486 g/mol. The van der Waals surface area contributed by atoms with E-state index in [1.54, 1.807) is 6.20 Å². The summed E-state index contributed by atoms with van der Waals surface area (Å²) < 4.78 is 1.94. The number of piperidine rings is 1. The number of pyridine rings is 2. The van der Waals surface area contributed by atoms with E-state index in [4.69, 9.17) is 10.1 Å². The second-order valence-electron chi connectivity index (χ2n) is 9.47. The molecule has 1 atom stereocenters. The molecule has 1 aliphatic heterocycles. The van der Waals surface area contributed by atoms with Crippen molar-refractivity contribution in [1.82, 2.24) is 29.8 Å². The third-order valence-corrected chi connectivity index (χ3v) is 6.45. The summed E-state index contributed by atoms with van der Waals surface area (Å²) in [6.45, 7) is 11.5. The van der Waals surface area contributed by atoms with E-state index < -0.39 is 0 Å². The van der Waals surface area contributed by atoms with Gasteiger partial charge < -0.3 is 15.5 Å². The molecule has 4 aromatic heterocycles. The number of hydrogen-bond acceptors (Lipinski definition) is 7. The van der Waals surface area contributed by atoms with Gasteiger partial charge >= 0.3 is 0 Å². The molecular formula is C26H31N9O. The summed E-state index contributed by atoms with van der Waals surface area (Å²) in [6, 6.07) is 6.22. The van der Waals surface area contributed by atoms with Crippen molar-refractivity contribution in [2.24, 2.45) is 0 Å². The van der Waals surface area contributed by atoms with Crippen LogP contribution in [0.5, 0.6) is 0 Å². The largest absolute Gasteiger partial charge is 0.354 e. The molecule has 0 saturated carbocycles. The zero-order valence-corrected chi connectivity index (χ0v) is 20.8. The van der Waals surface area contributed by atoms with Gasteiger partial charge in [-0.15, -0.1) is 5.10 Å². The second kappa shape index (κ2) is 9.80. The Balaban J connectivity index is 1.35. The van der Waals surface area contributed by atoms with Crippen LogP contribution in [0.2, 0.25) is 0 Å². The summed E-state index contributed by atoms with van der Waals surface area (Å²) in [4.78, 5) is 23.3. The number of hydrogen-bond donors (Lipinski definition) is 3. The molecule has 0 aliphatic carbocycles. The second-order valence-corrected chi connectivity index (χ2v) is 9.47. The molecule has 10 heteroatoms. The lowest BCUT2D eigenvalue weighted by molar-refractivity contribution is -0.111. The fourth-order valence-electron chi connectivity index (χ4n) is 4.86. The maximum absolute atomic E-state index is 11.6. The van der Waals surface area contributed by atoms with Gasteiger partial charge in [0.25, 0.3) is 0 Å². The third kappa shape index (κ3) is 4.66. The Morgan fingerprint density at radius 1 is 1.31 bits per heavy atom. The minimum atomic E-state index is -0.247. The molecule has 1 aliphatic rings. The first-order valence-electron chi connectivity index (χ1n) is 12.2. The summed E-state index contributed by atoms with van der Waals surface area (Å²) in [5.74, 6) is 1.56. The number of carbonyl (C=O) groups is 1. The molecular weight excluding hydrogens is 454 g/mol. The quantitative estimate of drug-likeness (QED) is 0.337. The fourth-order valence-corrected chi connectivity index (χ4v) is 4.86. The van der Waals surface area contributed by atoms with Crippen molar-refractivity contribution in [3.05, 3.63) is 60.7 Å². The van der Waals surface area contributed by atoms with Crippen LogP contribution in [0.15, 0.2) is 49.4 Å². The average Bonchev–Trinajstić information content (AvgIpc) is 3.53. The summed E-state index contributed by atoms with van der Waals surface area (Å²) >= 11 is 0. The Bertz CT molecular complexity index is 1390. The van der Waals surface area contributed by atoms with Gasteiger partial charge in [-0.05, 0) is 55.5 Å². The lowest BCUT2D eigenvalue weighted by Crippen LogP contribution is -2.43. The van der Waals surface area contributed by atoms with E-state index in [-0.39, 0.29) is 17.9 Å². The summed E-state index contributed by atoms with van der Waals surface area (Å²) in [5, 5.41) is 18.2. The Kier molecular flexibility index (Phi) is 6.41. The first kappa shape index (κ1) is 23.5. The number of rotatable bonds is 7. The lowest BCUT2D eigenvalue weighted by atomic mass is 10.00. The van der Waals surface area contributed by atoms with Gasteiger partial charge in [-0.25, -0.2) is 9.50 Å². The van der Waals surface area contributed by atoms with E-state index in [1.165, 1.54) is 6.08 Å². The smallest absolute Gasteiger partial charge is 0.247 e. The molecule has 0 bridgehead atoms. The number of aryl methyl sites for hydroxylation is 1. The maximum atomic E-state index is 11.6. The van der Waals surface area contributed by atoms with E-state index >= 15 is 0 Å². The van der Waals surface area contributed by atoms with Crippen molar-refractivity contribution in [2.75, 3.05) is 28.6 Å². The molecule has 10 nitrogen and oxygen atoms in total. The van der Waals surface area contributed by atoms with Crippen molar-refractivity contribution in [1.29, 1.82) is 0 Å². The van der Waals surface area contributed by atoms with Gasteiger partial charge in [0.2, 0.25) is 11.9 Å². The van der Waals surface area contributed by atoms with Crippen LogP contribution in [0.4, 0.5) is 17.5 Å². The molecule has 36 heavy (non-hydrogen) atoms. The Morgan fingerprint density at radius 3 is 2.89 bits per heavy atom. The predicted octanol–water partition coefficient (Wildman–Crippen LogP) is 4.15. The van der Waals surface area contributed by atoms with E-state index in [1.807, 2.05) is 36.0 Å². The van der Waals surface area contributed by atoms with Crippen molar-refractivity contribution >= 4 is 29.0 Å². The third-order valence-electron chi connectivity index (χ3n) is 6.45. The molecule has 5 heterocycles. The van der Waals surface area contributed by atoms with Crippen LogP contribution in [-0.4, -0.2) is 54.8 Å². The van der Waals surface area contributed by atoms with Crippen LogP contribution >= 0.6 is 0 Å². The zero-order chi connectivity index (χ0) is 25.2. The van der Waals surface area contributed by atoms with Gasteiger partial charge in [0.15, 0.2) is 5.65 Å². The molecule has 3 N–H and O–H groups in total. The number of H-pyrrole nitrogens is 1. The SMILES string of the molecule is C=CC(=O)Nc1cnc(N2CCCC(Nc3nc4ccc(-c5cn[nH]c5)c(C(C)C)n4n3)C2)c(C)c1. The molecule has 1 saturated heterocycles. The van der Waals surface area contributed by atoms with Gasteiger partial charge in [-0.2, -0.15) is 10.1 Å². The number of carbonyl (C=O) groups excluding carboxylic acids is 1. The first-order valence-corrected chi connectivity index (χ1v) is 12.2. The number of amides is 1. The minimum Gasteiger partial charge on any atom is -0.354 e. The molecule has 1 amide bonds. The van der Waals surface area contributed by atoms with E-state index in [0.717, 1.165) is 59.8 Å². The molecule has 0 aromatic carbocycles. The van der Waals surface area contributed by atoms with E-state index in [0.29, 0.717) is 11.6 Å².